The normalized spacial score (nSPS) is 7.07. The Bertz CT molecular complexity index is 140. The number of carbonyl (C=O) groups is 2. The molecule has 0 aliphatic heterocycles. The van der Waals surface area contributed by atoms with E-state index in [9.17, 15) is 4.79 Å². The van der Waals surface area contributed by atoms with Gasteiger partial charge < -0.3 is 15.9 Å². The molecule has 0 radical (unpaired) electrons. The molecule has 0 fully saturated rings. The number of amides is 2. The van der Waals surface area contributed by atoms with Crippen LogP contribution < -0.4 is 10.5 Å². The number of nitrogens with one attached hydrogen (secondary N) is 1. The van der Waals surface area contributed by atoms with Gasteiger partial charge in [0.15, 0.2) is 0 Å². The molecule has 0 aromatic heterocycles. The third-order valence-corrected chi connectivity index (χ3v) is 0.911. The molecule has 0 unspecified atom stereocenters. The van der Waals surface area contributed by atoms with E-state index in [0.29, 0.717) is 0 Å². The average Bonchev–Trinajstić information content (AvgIpc) is 2.01. The van der Waals surface area contributed by atoms with Crippen LogP contribution in [0.1, 0.15) is 27.2 Å². The van der Waals surface area contributed by atoms with E-state index in [0.717, 1.165) is 5.75 Å². The maximum atomic E-state index is 9.63. The molecule has 2 amide bonds. The SMILES string of the molecule is CCC.CCSNC(=O)O.NC(=O)O. The van der Waals surface area contributed by atoms with E-state index < -0.39 is 12.2 Å². The largest absolute Gasteiger partial charge is 0.465 e. The molecule has 0 saturated heterocycles. The molecule has 0 aromatic carbocycles. The summed E-state index contributed by atoms with van der Waals surface area (Å²) < 4.78 is 2.13. The summed E-state index contributed by atoms with van der Waals surface area (Å²) in [5.74, 6) is 0.770. The van der Waals surface area contributed by atoms with Crippen molar-refractivity contribution in [2.75, 3.05) is 5.75 Å². The summed E-state index contributed by atoms with van der Waals surface area (Å²) in [7, 11) is 0. The summed E-state index contributed by atoms with van der Waals surface area (Å²) in [5, 5.41) is 15.1. The second kappa shape index (κ2) is 17.8. The van der Waals surface area contributed by atoms with Crippen LogP contribution in [0.25, 0.3) is 0 Å². The highest BCUT2D eigenvalue weighted by Gasteiger charge is 1.87. The first-order valence-electron chi connectivity index (χ1n) is 4.01. The van der Waals surface area contributed by atoms with Crippen LogP contribution in [0.2, 0.25) is 0 Å². The molecule has 0 rings (SSSR count). The molecule has 0 aliphatic carbocycles. The van der Waals surface area contributed by atoms with E-state index >= 15 is 0 Å². The fourth-order valence-corrected chi connectivity index (χ4v) is 0.402. The topological polar surface area (TPSA) is 113 Å². The Labute approximate surface area is 88.0 Å². The summed E-state index contributed by atoms with van der Waals surface area (Å²) in [5.41, 5.74) is 4.03. The van der Waals surface area contributed by atoms with E-state index in [2.05, 4.69) is 24.3 Å². The molecule has 0 heterocycles. The summed E-state index contributed by atoms with van der Waals surface area (Å²) in [6, 6.07) is 0. The van der Waals surface area contributed by atoms with Gasteiger partial charge in [-0.2, -0.15) is 0 Å². The highest BCUT2D eigenvalue weighted by Crippen LogP contribution is 1.87. The van der Waals surface area contributed by atoms with E-state index in [1.165, 1.54) is 18.4 Å². The predicted octanol–water partition coefficient (Wildman–Crippen LogP) is 1.96. The zero-order valence-electron chi connectivity index (χ0n) is 8.61. The van der Waals surface area contributed by atoms with Crippen LogP contribution in [0.15, 0.2) is 0 Å². The molecule has 14 heavy (non-hydrogen) atoms. The van der Waals surface area contributed by atoms with Crippen molar-refractivity contribution in [3.63, 3.8) is 0 Å². The Morgan fingerprint density at radius 2 is 1.57 bits per heavy atom. The fraction of sp³-hybridized carbons (Fsp3) is 0.714. The fourth-order valence-electron chi connectivity index (χ4n) is 0.134. The van der Waals surface area contributed by atoms with Gasteiger partial charge in [0.2, 0.25) is 0 Å². The lowest BCUT2D eigenvalue weighted by atomic mass is 10.6. The Hall–Kier alpha value is -1.11. The number of primary amides is 1. The minimum Gasteiger partial charge on any atom is -0.465 e. The third-order valence-electron chi connectivity index (χ3n) is 0.304. The summed E-state index contributed by atoms with van der Waals surface area (Å²) in [4.78, 5) is 18.4. The third kappa shape index (κ3) is 128. The highest BCUT2D eigenvalue weighted by molar-refractivity contribution is 7.97. The van der Waals surface area contributed by atoms with Crippen molar-refractivity contribution in [1.29, 1.82) is 0 Å². The Balaban J connectivity index is -0.000000147. The minimum atomic E-state index is -1.33. The molecule has 0 aromatic rings. The summed E-state index contributed by atoms with van der Waals surface area (Å²) in [6.45, 7) is 6.13. The lowest BCUT2D eigenvalue weighted by molar-refractivity contribution is 0.201. The van der Waals surface area contributed by atoms with Crippen molar-refractivity contribution in [2.24, 2.45) is 5.73 Å². The predicted molar refractivity (Wildman–Crippen MR) is 57.5 cm³/mol. The van der Waals surface area contributed by atoms with Crippen molar-refractivity contribution < 1.29 is 19.8 Å². The molecule has 86 valence electrons. The Morgan fingerprint density at radius 3 is 1.64 bits per heavy atom. The van der Waals surface area contributed by atoms with Gasteiger partial charge in [-0.25, -0.2) is 9.59 Å². The summed E-state index contributed by atoms with van der Waals surface area (Å²) in [6.07, 6.45) is -1.06. The van der Waals surface area contributed by atoms with E-state index in [1.807, 2.05) is 6.92 Å². The van der Waals surface area contributed by atoms with Crippen LogP contribution in [0.5, 0.6) is 0 Å². The van der Waals surface area contributed by atoms with Crippen LogP contribution in [-0.4, -0.2) is 28.2 Å². The molecule has 7 heteroatoms. The number of hydrogen-bond acceptors (Lipinski definition) is 3. The molecule has 0 saturated carbocycles. The number of nitrogens with two attached hydrogens (primary N) is 1. The van der Waals surface area contributed by atoms with Crippen molar-refractivity contribution in [1.82, 2.24) is 4.72 Å². The van der Waals surface area contributed by atoms with Gasteiger partial charge in [0.25, 0.3) is 0 Å². The van der Waals surface area contributed by atoms with Crippen molar-refractivity contribution >= 4 is 24.1 Å². The van der Waals surface area contributed by atoms with Gasteiger partial charge in [-0.1, -0.05) is 27.2 Å². The second-order valence-electron chi connectivity index (χ2n) is 1.89. The van der Waals surface area contributed by atoms with E-state index in [-0.39, 0.29) is 0 Å². The van der Waals surface area contributed by atoms with Crippen molar-refractivity contribution in [2.45, 2.75) is 27.2 Å². The van der Waals surface area contributed by atoms with E-state index in [4.69, 9.17) is 15.0 Å². The molecular weight excluding hydrogens is 208 g/mol. The molecule has 0 aliphatic rings. The van der Waals surface area contributed by atoms with Gasteiger partial charge in [0.05, 0.1) is 0 Å². The van der Waals surface area contributed by atoms with Gasteiger partial charge >= 0.3 is 12.2 Å². The van der Waals surface area contributed by atoms with Gasteiger partial charge in [-0.05, 0) is 11.9 Å². The number of rotatable bonds is 2. The molecule has 0 atom stereocenters. The summed E-state index contributed by atoms with van der Waals surface area (Å²) >= 11 is 1.17. The first-order valence-corrected chi connectivity index (χ1v) is 4.99. The molecule has 5 N–H and O–H groups in total. The maximum absolute atomic E-state index is 9.63. The van der Waals surface area contributed by atoms with E-state index in [1.54, 1.807) is 0 Å². The van der Waals surface area contributed by atoms with Crippen molar-refractivity contribution in [3.8, 4) is 0 Å². The average molecular weight is 226 g/mol. The van der Waals surface area contributed by atoms with Gasteiger partial charge in [0.1, 0.15) is 0 Å². The second-order valence-corrected chi connectivity index (χ2v) is 2.96. The monoisotopic (exact) mass is 226 g/mol. The van der Waals surface area contributed by atoms with Crippen LogP contribution in [0.3, 0.4) is 0 Å². The Kier molecular flexibility index (Phi) is 23.7. The van der Waals surface area contributed by atoms with Crippen LogP contribution in [0.4, 0.5) is 9.59 Å². The standard InChI is InChI=1S/C3H7NO2S.C3H8.CH3NO2/c1-2-7-4-3(5)6;1-3-2;2-1(3)4/h4H,2H2,1H3,(H,5,6);3H2,1-2H3;2H2,(H,3,4). The molecule has 0 spiro atoms. The first kappa shape index (κ1) is 18.6. The highest BCUT2D eigenvalue weighted by atomic mass is 32.2. The smallest absolute Gasteiger partial charge is 0.414 e. The van der Waals surface area contributed by atoms with Gasteiger partial charge in [-0.3, -0.25) is 4.72 Å². The quantitative estimate of drug-likeness (QED) is 0.537. The number of carboxylic acid groups (broad SMARTS) is 2. The maximum Gasteiger partial charge on any atom is 0.414 e. The van der Waals surface area contributed by atoms with Gasteiger partial charge in [-0.15, -0.1) is 0 Å². The first-order chi connectivity index (χ1) is 6.42. The zero-order chi connectivity index (χ0) is 12.0. The minimum absolute atomic E-state index is 0.770. The number of hydrogen-bond donors (Lipinski definition) is 4. The Morgan fingerprint density at radius 1 is 1.29 bits per heavy atom. The van der Waals surface area contributed by atoms with Crippen LogP contribution in [-0.2, 0) is 0 Å². The molecular formula is C7H18N2O4S. The van der Waals surface area contributed by atoms with Crippen molar-refractivity contribution in [3.05, 3.63) is 0 Å². The van der Waals surface area contributed by atoms with Gasteiger partial charge in [0, 0.05) is 5.75 Å². The molecule has 6 nitrogen and oxygen atoms in total. The zero-order valence-corrected chi connectivity index (χ0v) is 9.43. The lowest BCUT2D eigenvalue weighted by Gasteiger charge is -1.90. The lowest BCUT2D eigenvalue weighted by Crippen LogP contribution is -2.11. The molecule has 0 bridgehead atoms. The van der Waals surface area contributed by atoms with Crippen LogP contribution in [0, 0.1) is 0 Å². The van der Waals surface area contributed by atoms with Crippen LogP contribution >= 0.6 is 11.9 Å².